The van der Waals surface area contributed by atoms with Gasteiger partial charge in [0.05, 0.1) is 5.69 Å². The van der Waals surface area contributed by atoms with E-state index in [2.05, 4.69) is 4.98 Å². The quantitative estimate of drug-likeness (QED) is 0.802. The fourth-order valence-electron chi connectivity index (χ4n) is 4.77. The summed E-state index contributed by atoms with van der Waals surface area (Å²) in [5.74, 6) is 1.86. The Balaban J connectivity index is 1.44. The largest absolute Gasteiger partial charge is 0.342 e. The van der Waals surface area contributed by atoms with E-state index in [1.807, 2.05) is 23.6 Å². The number of hydrogen-bond acceptors (Lipinski definition) is 4. The van der Waals surface area contributed by atoms with Crippen LogP contribution in [-0.4, -0.2) is 57.8 Å². The predicted molar refractivity (Wildman–Crippen MR) is 114 cm³/mol. The van der Waals surface area contributed by atoms with E-state index >= 15 is 0 Å². The summed E-state index contributed by atoms with van der Waals surface area (Å²) in [6, 6.07) is 1.61. The van der Waals surface area contributed by atoms with Crippen LogP contribution in [0.5, 0.6) is 0 Å². The minimum Gasteiger partial charge on any atom is -0.342 e. The second-order valence-electron chi connectivity index (χ2n) is 9.36. The lowest BCUT2D eigenvalue weighted by molar-refractivity contribution is -0.136. The van der Waals surface area contributed by atoms with Crippen LogP contribution in [0.2, 0.25) is 0 Å². The summed E-state index contributed by atoms with van der Waals surface area (Å²) in [4.78, 5) is 49.1. The Morgan fingerprint density at radius 3 is 2.50 bits per heavy atom. The highest BCUT2D eigenvalue weighted by atomic mass is 16.2. The number of rotatable bonds is 5. The molecule has 0 bridgehead atoms. The van der Waals surface area contributed by atoms with Crippen LogP contribution in [0.1, 0.15) is 82.1 Å². The van der Waals surface area contributed by atoms with E-state index < -0.39 is 0 Å². The Bertz CT molecular complexity index is 839. The van der Waals surface area contributed by atoms with Gasteiger partial charge in [0, 0.05) is 55.9 Å². The maximum atomic E-state index is 12.6. The topological polar surface area (TPSA) is 86.4 Å². The molecule has 3 aliphatic rings. The fraction of sp³-hybridized carbons (Fsp3) is 0.739. The third-order valence-corrected chi connectivity index (χ3v) is 7.09. The molecule has 1 aromatic heterocycles. The molecule has 3 heterocycles. The van der Waals surface area contributed by atoms with Crippen molar-refractivity contribution in [3.63, 3.8) is 0 Å². The summed E-state index contributed by atoms with van der Waals surface area (Å²) in [7, 11) is 0. The third kappa shape index (κ3) is 4.60. The molecule has 0 spiro atoms. The van der Waals surface area contributed by atoms with E-state index in [-0.39, 0.29) is 35.1 Å². The Kier molecular flexibility index (Phi) is 6.25. The molecule has 1 saturated carbocycles. The zero-order valence-electron chi connectivity index (χ0n) is 18.2. The number of H-pyrrole nitrogens is 1. The Hall–Kier alpha value is -2.18. The third-order valence-electron chi connectivity index (χ3n) is 7.09. The highest BCUT2D eigenvalue weighted by Crippen LogP contribution is 2.34. The lowest BCUT2D eigenvalue weighted by Gasteiger charge is -2.34. The average Bonchev–Trinajstić information content (AvgIpc) is 3.63. The first kappa shape index (κ1) is 21.1. The van der Waals surface area contributed by atoms with Gasteiger partial charge in [-0.25, -0.2) is 4.98 Å². The number of carbonyl (C=O) groups is 2. The summed E-state index contributed by atoms with van der Waals surface area (Å²) in [5.41, 5.74) is 0.698. The van der Waals surface area contributed by atoms with Crippen molar-refractivity contribution in [1.82, 2.24) is 19.8 Å². The molecule has 2 amide bonds. The van der Waals surface area contributed by atoms with Crippen LogP contribution < -0.4 is 5.56 Å². The number of nitrogens with zero attached hydrogens (tertiary/aromatic N) is 3. The van der Waals surface area contributed by atoms with Crippen molar-refractivity contribution in [2.24, 2.45) is 11.8 Å². The molecular weight excluding hydrogens is 380 g/mol. The molecule has 30 heavy (non-hydrogen) atoms. The van der Waals surface area contributed by atoms with E-state index in [0.717, 1.165) is 76.1 Å². The van der Waals surface area contributed by atoms with Gasteiger partial charge in [-0.2, -0.15) is 0 Å². The molecule has 164 valence electrons. The fourth-order valence-corrected chi connectivity index (χ4v) is 4.77. The van der Waals surface area contributed by atoms with Gasteiger partial charge in [-0.15, -0.1) is 0 Å². The number of aromatic amines is 1. The molecular formula is C23H34N4O3. The van der Waals surface area contributed by atoms with Crippen molar-refractivity contribution in [2.45, 2.75) is 70.6 Å². The minimum absolute atomic E-state index is 0.0370. The van der Waals surface area contributed by atoms with Crippen LogP contribution >= 0.6 is 0 Å². The van der Waals surface area contributed by atoms with Crippen LogP contribution in [0.15, 0.2) is 10.9 Å². The SMILES string of the molecule is CC[C@H](C)C(=O)N1CCC[C@H](c2cc(=O)[nH]c(C3CCN(C(=O)C4CC4)CC3)n2)C1. The number of piperidine rings is 2. The van der Waals surface area contributed by atoms with Crippen molar-refractivity contribution < 1.29 is 9.59 Å². The second-order valence-corrected chi connectivity index (χ2v) is 9.36. The van der Waals surface area contributed by atoms with Crippen molar-refractivity contribution >= 4 is 11.8 Å². The van der Waals surface area contributed by atoms with E-state index in [9.17, 15) is 14.4 Å². The van der Waals surface area contributed by atoms with Crippen LogP contribution in [0.4, 0.5) is 0 Å². The van der Waals surface area contributed by atoms with Crippen LogP contribution in [-0.2, 0) is 9.59 Å². The summed E-state index contributed by atoms with van der Waals surface area (Å²) in [6.07, 6.45) is 6.49. The first-order valence-corrected chi connectivity index (χ1v) is 11.6. The molecule has 7 nitrogen and oxygen atoms in total. The first-order chi connectivity index (χ1) is 14.5. The molecule has 0 aromatic carbocycles. The predicted octanol–water partition coefficient (Wildman–Crippen LogP) is 2.64. The minimum atomic E-state index is -0.114. The van der Waals surface area contributed by atoms with Crippen molar-refractivity contribution in [3.05, 3.63) is 27.9 Å². The second kappa shape index (κ2) is 8.90. The van der Waals surface area contributed by atoms with E-state index in [1.165, 1.54) is 0 Å². The molecule has 3 fully saturated rings. The molecule has 0 radical (unpaired) electrons. The van der Waals surface area contributed by atoms with Gasteiger partial charge in [0.2, 0.25) is 11.8 Å². The van der Waals surface area contributed by atoms with Gasteiger partial charge in [0.1, 0.15) is 5.82 Å². The Morgan fingerprint density at radius 1 is 1.10 bits per heavy atom. The van der Waals surface area contributed by atoms with E-state index in [4.69, 9.17) is 4.98 Å². The maximum Gasteiger partial charge on any atom is 0.251 e. The highest BCUT2D eigenvalue weighted by Gasteiger charge is 2.35. The lowest BCUT2D eigenvalue weighted by Crippen LogP contribution is -2.42. The van der Waals surface area contributed by atoms with Gasteiger partial charge in [0.15, 0.2) is 0 Å². The zero-order chi connectivity index (χ0) is 21.3. The molecule has 2 aliphatic heterocycles. The number of likely N-dealkylation sites (tertiary alicyclic amines) is 2. The monoisotopic (exact) mass is 414 g/mol. The van der Waals surface area contributed by atoms with Crippen LogP contribution in [0, 0.1) is 11.8 Å². The zero-order valence-corrected chi connectivity index (χ0v) is 18.2. The Morgan fingerprint density at radius 2 is 1.83 bits per heavy atom. The molecule has 1 aromatic rings. The number of nitrogens with one attached hydrogen (secondary N) is 1. The van der Waals surface area contributed by atoms with Crippen molar-refractivity contribution in [1.29, 1.82) is 0 Å². The molecule has 7 heteroatoms. The van der Waals surface area contributed by atoms with Gasteiger partial charge in [-0.3, -0.25) is 14.4 Å². The lowest BCUT2D eigenvalue weighted by atomic mass is 9.92. The van der Waals surface area contributed by atoms with E-state index in [0.29, 0.717) is 12.5 Å². The smallest absolute Gasteiger partial charge is 0.251 e. The van der Waals surface area contributed by atoms with Gasteiger partial charge in [-0.1, -0.05) is 13.8 Å². The number of aromatic nitrogens is 2. The average molecular weight is 415 g/mol. The first-order valence-electron chi connectivity index (χ1n) is 11.6. The summed E-state index contributed by atoms with van der Waals surface area (Å²) in [6.45, 7) is 6.95. The van der Waals surface area contributed by atoms with Gasteiger partial charge in [0.25, 0.3) is 5.56 Å². The van der Waals surface area contributed by atoms with Gasteiger partial charge in [-0.05, 0) is 44.9 Å². The normalized spacial score (nSPS) is 24.0. The van der Waals surface area contributed by atoms with Crippen molar-refractivity contribution in [2.75, 3.05) is 26.2 Å². The van der Waals surface area contributed by atoms with Gasteiger partial charge < -0.3 is 14.8 Å². The molecule has 0 unspecified atom stereocenters. The number of amides is 2. The van der Waals surface area contributed by atoms with E-state index in [1.54, 1.807) is 6.07 Å². The summed E-state index contributed by atoms with van der Waals surface area (Å²) in [5, 5.41) is 0. The summed E-state index contributed by atoms with van der Waals surface area (Å²) >= 11 is 0. The summed E-state index contributed by atoms with van der Waals surface area (Å²) < 4.78 is 0. The maximum absolute atomic E-state index is 12.6. The Labute approximate surface area is 178 Å². The van der Waals surface area contributed by atoms with Crippen LogP contribution in [0.25, 0.3) is 0 Å². The number of carbonyl (C=O) groups excluding carboxylic acids is 2. The number of hydrogen-bond donors (Lipinski definition) is 1. The highest BCUT2D eigenvalue weighted by molar-refractivity contribution is 5.81. The molecule has 1 aliphatic carbocycles. The van der Waals surface area contributed by atoms with Crippen molar-refractivity contribution in [3.8, 4) is 0 Å². The van der Waals surface area contributed by atoms with Crippen LogP contribution in [0.3, 0.4) is 0 Å². The standard InChI is InChI=1S/C23H34N4O3/c1-3-15(2)22(29)27-10-4-5-18(14-27)19-13-20(28)25-21(24-19)16-8-11-26(12-9-16)23(30)17-6-7-17/h13,15-18H,3-12,14H2,1-2H3,(H,24,25,28)/t15-,18-/m0/s1. The molecule has 2 atom stereocenters. The molecule has 4 rings (SSSR count). The molecule has 1 N–H and O–H groups in total. The molecule has 2 saturated heterocycles. The van der Waals surface area contributed by atoms with Gasteiger partial charge >= 0.3 is 0 Å².